The summed E-state index contributed by atoms with van der Waals surface area (Å²) >= 11 is 0. The number of fused-ring (bicyclic) bond motifs is 5. The van der Waals surface area contributed by atoms with Gasteiger partial charge >= 0.3 is 18.0 Å². The van der Waals surface area contributed by atoms with Gasteiger partial charge in [0, 0.05) is 34.9 Å². The van der Waals surface area contributed by atoms with Crippen LogP contribution in [0.2, 0.25) is 0 Å². The molecule has 16 aromatic rings. The number of rotatable bonds is 33. The molecule has 0 fully saturated rings. The Morgan fingerprint density at radius 2 is 0.597 bits per heavy atom. The lowest BCUT2D eigenvalue weighted by atomic mass is 9.92. The molecular weight excluding hydrogens is 1480 g/mol. The molecule has 0 spiro atoms. The van der Waals surface area contributed by atoms with Crippen LogP contribution in [0.5, 0.6) is 52.5 Å². The topological polar surface area (TPSA) is 232 Å². The van der Waals surface area contributed by atoms with Crippen molar-refractivity contribution in [3.8, 4) is 121 Å². The minimum absolute atomic E-state index is 0.0428. The molecule has 3 aromatic heterocycles. The quantitative estimate of drug-likeness (QED) is 0.0256. The Hall–Kier alpha value is -12.8. The van der Waals surface area contributed by atoms with E-state index in [-0.39, 0.29) is 35.3 Å². The summed E-state index contributed by atoms with van der Waals surface area (Å²) in [5, 5.41) is 48.5. The zero-order valence-electron chi connectivity index (χ0n) is 69.6. The zero-order valence-corrected chi connectivity index (χ0v) is 69.6. The summed E-state index contributed by atoms with van der Waals surface area (Å²) in [7, 11) is 0. The molecule has 0 saturated carbocycles. The van der Waals surface area contributed by atoms with Gasteiger partial charge in [-0.1, -0.05) is 245 Å². The van der Waals surface area contributed by atoms with Crippen LogP contribution in [0.4, 0.5) is 0 Å². The highest BCUT2D eigenvalue weighted by Crippen LogP contribution is 2.43. The Kier molecular flexibility index (Phi) is 27.4. The van der Waals surface area contributed by atoms with Crippen LogP contribution in [0, 0.1) is 17.8 Å². The Morgan fingerprint density at radius 1 is 0.261 bits per heavy atom. The summed E-state index contributed by atoms with van der Waals surface area (Å²) < 4.78 is 35.4. The molecule has 13 aromatic carbocycles. The molecule has 3 atom stereocenters. The van der Waals surface area contributed by atoms with Crippen molar-refractivity contribution in [1.82, 2.24) is 44.9 Å². The summed E-state index contributed by atoms with van der Waals surface area (Å²) in [4.78, 5) is 43.1. The second-order valence-electron chi connectivity index (χ2n) is 30.2. The van der Waals surface area contributed by atoms with Crippen LogP contribution in [0.1, 0.15) is 139 Å². The van der Waals surface area contributed by atoms with Gasteiger partial charge in [-0.05, 0) is 188 Å². The highest BCUT2D eigenvalue weighted by molar-refractivity contribution is 6.25. The molecule has 18 nitrogen and oxygen atoms in total. The number of ether oxygens (including phenoxy) is 6. The maximum Gasteiger partial charge on any atom is 0.320 e. The average molecular weight is 1590 g/mol. The van der Waals surface area contributed by atoms with Gasteiger partial charge in [0.05, 0.1) is 56.3 Å². The van der Waals surface area contributed by atoms with Gasteiger partial charge in [0.15, 0.2) is 34.9 Å². The van der Waals surface area contributed by atoms with Crippen molar-refractivity contribution in [2.45, 2.75) is 139 Å². The average Bonchev–Trinajstić information content (AvgIpc) is 0.740. The van der Waals surface area contributed by atoms with Crippen LogP contribution in [-0.4, -0.2) is 99.8 Å². The normalized spacial score (nSPS) is 12.2. The molecule has 3 unspecified atom stereocenters. The molecule has 0 aliphatic heterocycles. The maximum atomic E-state index is 10.9. The van der Waals surface area contributed by atoms with E-state index < -0.39 is 0 Å². The van der Waals surface area contributed by atoms with E-state index in [1.807, 2.05) is 81.4 Å². The van der Waals surface area contributed by atoms with E-state index in [0.717, 1.165) is 124 Å². The highest BCUT2D eigenvalue weighted by atomic mass is 16.5. The van der Waals surface area contributed by atoms with Crippen LogP contribution in [-0.2, 0) is 0 Å². The van der Waals surface area contributed by atoms with Gasteiger partial charge in [0.1, 0.15) is 34.5 Å². The third-order valence-corrected chi connectivity index (χ3v) is 22.2. The summed E-state index contributed by atoms with van der Waals surface area (Å²) in [6, 6.07) is 73.0. The smallest absolute Gasteiger partial charge is 0.320 e. The van der Waals surface area contributed by atoms with Crippen molar-refractivity contribution in [2.24, 2.45) is 17.8 Å². The van der Waals surface area contributed by atoms with Gasteiger partial charge in [-0.2, -0.15) is 29.9 Å². The molecule has 3 heterocycles. The molecule has 119 heavy (non-hydrogen) atoms. The SMILES string of the molecule is CCCCC(CC)COc1nc(-c2ccc(OCC)cc2O)nc(-c2c3ccccc3cc3ccccc23)n1.CCCCC(CC)COc1nc(-c2ccc(OCC)cc2O)nc(-c2cc3ccccc3c3ccccc23)n1.CCCCC(CC)COc1nc(-c2ccc(OCC)cc2O)nc(-c2ccc3ccc4cccc5ccc2c3c45)n1. The van der Waals surface area contributed by atoms with E-state index in [1.165, 1.54) is 45.2 Å². The van der Waals surface area contributed by atoms with Crippen molar-refractivity contribution in [1.29, 1.82) is 0 Å². The van der Waals surface area contributed by atoms with Gasteiger partial charge < -0.3 is 43.7 Å². The molecule has 608 valence electrons. The van der Waals surface area contributed by atoms with Crippen molar-refractivity contribution in [3.63, 3.8) is 0 Å². The van der Waals surface area contributed by atoms with Crippen LogP contribution >= 0.6 is 0 Å². The fourth-order valence-corrected chi connectivity index (χ4v) is 15.5. The number of unbranched alkanes of at least 4 members (excludes halogenated alkanes) is 3. The van der Waals surface area contributed by atoms with Crippen molar-refractivity contribution < 1.29 is 43.7 Å². The summed E-state index contributed by atoms with van der Waals surface area (Å²) in [5.74, 6) is 5.77. The summed E-state index contributed by atoms with van der Waals surface area (Å²) in [6.45, 7) is 22.0. The Morgan fingerprint density at radius 3 is 1.02 bits per heavy atom. The Labute approximate surface area is 696 Å². The molecule has 16 rings (SSSR count). The number of aromatic nitrogens is 9. The van der Waals surface area contributed by atoms with Crippen molar-refractivity contribution >= 4 is 75.4 Å². The van der Waals surface area contributed by atoms with Crippen molar-refractivity contribution in [3.05, 3.63) is 218 Å². The molecule has 0 aliphatic rings. The summed E-state index contributed by atoms with van der Waals surface area (Å²) in [5.41, 5.74) is 4.19. The Bertz CT molecular complexity index is 6080. The van der Waals surface area contributed by atoms with Crippen LogP contribution in [0.15, 0.2) is 218 Å². The second kappa shape index (κ2) is 39.4. The van der Waals surface area contributed by atoms with Gasteiger partial charge in [-0.15, -0.1) is 0 Å². The predicted octanol–water partition coefficient (Wildman–Crippen LogP) is 25.2. The Balaban J connectivity index is 0.000000146. The maximum absolute atomic E-state index is 10.9. The molecule has 3 N–H and O–H groups in total. The molecule has 0 radical (unpaired) electrons. The molecule has 0 aliphatic carbocycles. The standard InChI is InChI=1S/C35H35N3O3.2C33H35N3O3/c1-4-7-9-22(5-2)21-41-35-37-33(36-34(38-35)29-19-16-26(40-6-3)20-30(29)39)28-18-15-25-13-12-23-10-8-11-24-14-17-27(28)32(25)31(23)24;1-4-7-12-22(5-2)21-39-33-35-31(28-18-17-25(38-6-3)20-29(28)37)34-32(36-33)30-26-15-10-8-13-23(26)19-24-14-9-11-16-27(24)30;1-4-7-12-22(5-2)21-39-33-35-31(28-18-17-24(38-6-3)20-30(28)37)34-32(36-33)29-19-23-13-8-9-14-25(23)26-15-10-11-16-27(26)29/h8,10-20,22,39H,4-7,9,21H2,1-3H3;2*8-11,13-20,22,37H,4-7,12,21H2,1-3H3. The van der Waals surface area contributed by atoms with Gasteiger partial charge in [-0.25, -0.2) is 15.0 Å². The second-order valence-corrected chi connectivity index (χ2v) is 30.2. The first-order valence-corrected chi connectivity index (χ1v) is 42.3. The van der Waals surface area contributed by atoms with Gasteiger partial charge in [0.2, 0.25) is 0 Å². The van der Waals surface area contributed by atoms with E-state index in [2.05, 4.69) is 178 Å². The number of nitrogens with zero attached hydrogens (tertiary/aromatic N) is 9. The van der Waals surface area contributed by atoms with E-state index in [0.29, 0.717) is 126 Å². The number of phenols is 3. The van der Waals surface area contributed by atoms with E-state index in [4.69, 9.17) is 58.3 Å². The van der Waals surface area contributed by atoms with Crippen LogP contribution in [0.25, 0.3) is 144 Å². The lowest BCUT2D eigenvalue weighted by molar-refractivity contribution is 0.217. The number of benzene rings is 13. The van der Waals surface area contributed by atoms with E-state index in [1.54, 1.807) is 36.4 Å². The number of hydrogen-bond acceptors (Lipinski definition) is 18. The first-order chi connectivity index (χ1) is 58.3. The largest absolute Gasteiger partial charge is 0.507 e. The van der Waals surface area contributed by atoms with Crippen LogP contribution in [0.3, 0.4) is 0 Å². The van der Waals surface area contributed by atoms with Crippen LogP contribution < -0.4 is 28.4 Å². The molecule has 0 bridgehead atoms. The molecule has 0 saturated heterocycles. The van der Waals surface area contributed by atoms with E-state index in [9.17, 15) is 15.3 Å². The zero-order chi connectivity index (χ0) is 82.7. The number of hydrogen-bond donors (Lipinski definition) is 3. The third-order valence-electron chi connectivity index (χ3n) is 22.2. The first kappa shape index (κ1) is 82.7. The first-order valence-electron chi connectivity index (χ1n) is 42.3. The monoisotopic (exact) mass is 1590 g/mol. The van der Waals surface area contributed by atoms with Gasteiger partial charge in [-0.3, -0.25) is 0 Å². The highest BCUT2D eigenvalue weighted by Gasteiger charge is 2.25. The minimum atomic E-state index is 0.0428. The van der Waals surface area contributed by atoms with E-state index >= 15 is 0 Å². The lowest BCUT2D eigenvalue weighted by Crippen LogP contribution is -2.13. The third kappa shape index (κ3) is 19.2. The fraction of sp³-hybridized carbons (Fsp3) is 0.297. The molecule has 18 heteroatoms. The number of aromatic hydroxyl groups is 3. The lowest BCUT2D eigenvalue weighted by Gasteiger charge is -2.16. The fourth-order valence-electron chi connectivity index (χ4n) is 15.5. The predicted molar refractivity (Wildman–Crippen MR) is 481 cm³/mol. The number of phenolic OH excluding ortho intramolecular Hbond substituents is 3. The molecular formula is C101H105N9O9. The minimum Gasteiger partial charge on any atom is -0.507 e. The van der Waals surface area contributed by atoms with Crippen molar-refractivity contribution in [2.75, 3.05) is 39.6 Å². The summed E-state index contributed by atoms with van der Waals surface area (Å²) in [6.07, 6.45) is 13.4. The molecule has 0 amide bonds. The van der Waals surface area contributed by atoms with Gasteiger partial charge in [0.25, 0.3) is 0 Å².